The monoisotopic (exact) mass is 275 g/mol. The molecule has 0 fully saturated rings. The molecule has 0 bridgehead atoms. The zero-order valence-corrected chi connectivity index (χ0v) is 6.10. The van der Waals surface area contributed by atoms with Crippen molar-refractivity contribution in [3.63, 3.8) is 0 Å². The molecule has 3 heteroatoms. The Morgan fingerprint density at radius 1 is 1.40 bits per heavy atom. The van der Waals surface area contributed by atoms with Crippen molar-refractivity contribution in [3.05, 3.63) is 0 Å². The van der Waals surface area contributed by atoms with Gasteiger partial charge in [-0.05, 0) is 0 Å². The van der Waals surface area contributed by atoms with Gasteiger partial charge in [-0.2, -0.15) is 0 Å². The van der Waals surface area contributed by atoms with Gasteiger partial charge in [-0.3, -0.25) is 4.21 Å². The maximum Gasteiger partial charge on any atom is 0.0148 e. The van der Waals surface area contributed by atoms with Gasteiger partial charge in [0.05, 0.1) is 0 Å². The van der Waals surface area contributed by atoms with Crippen molar-refractivity contribution in [2.75, 3.05) is 12.5 Å². The van der Waals surface area contributed by atoms with E-state index in [2.05, 4.69) is 0 Å². The Hall–Kier alpha value is 0.890. The molecule has 1 radical (unpaired) electrons. The summed E-state index contributed by atoms with van der Waals surface area (Å²) in [6.07, 6.45) is 3.28. The van der Waals surface area contributed by atoms with Gasteiger partial charge in [0.1, 0.15) is 0 Å². The van der Waals surface area contributed by atoms with E-state index in [-0.39, 0.29) is 22.4 Å². The summed E-state index contributed by atoms with van der Waals surface area (Å²) in [6, 6.07) is 0. The van der Waals surface area contributed by atoms with Crippen LogP contribution in [-0.4, -0.2) is 16.7 Å². The summed E-state index contributed by atoms with van der Waals surface area (Å²) >= 11 is 0. The summed E-state index contributed by atoms with van der Waals surface area (Å²) in [6.45, 7) is 0. The number of hydrogen-bond donors (Lipinski definition) is 0. The number of rotatable bonds is 0. The van der Waals surface area contributed by atoms with Crippen LogP contribution in [0.25, 0.3) is 0 Å². The molecule has 0 rings (SSSR count). The van der Waals surface area contributed by atoms with Crippen LogP contribution in [-0.2, 0) is 33.2 Å². The molecule has 0 spiro atoms. The molecule has 0 unspecified atom stereocenters. The molecule has 0 saturated heterocycles. The van der Waals surface area contributed by atoms with E-state index in [9.17, 15) is 4.21 Å². The van der Waals surface area contributed by atoms with E-state index in [1.807, 2.05) is 0 Å². The predicted molar refractivity (Wildman–Crippen MR) is 20.0 cm³/mol. The van der Waals surface area contributed by atoms with E-state index in [0.29, 0.717) is 0 Å². The maximum absolute atomic E-state index is 9.56. The van der Waals surface area contributed by atoms with Crippen molar-refractivity contribution in [1.82, 2.24) is 0 Å². The molecule has 5 heavy (non-hydrogen) atoms. The van der Waals surface area contributed by atoms with Crippen LogP contribution in [0.4, 0.5) is 0 Å². The third kappa shape index (κ3) is 51.5. The van der Waals surface area contributed by atoms with E-state index < -0.39 is 10.8 Å². The summed E-state index contributed by atoms with van der Waals surface area (Å²) < 4.78 is 9.56. The Morgan fingerprint density at radius 3 is 1.40 bits per heavy atom. The van der Waals surface area contributed by atoms with Crippen molar-refractivity contribution in [1.29, 1.82) is 0 Å². The van der Waals surface area contributed by atoms with Crippen LogP contribution >= 0.6 is 0 Å². The zero-order chi connectivity index (χ0) is 3.58. The van der Waals surface area contributed by atoms with Crippen molar-refractivity contribution in [3.8, 4) is 0 Å². The SMILES string of the molecule is CS(C)=O.[Au]. The molecule has 0 aromatic heterocycles. The van der Waals surface area contributed by atoms with Gasteiger partial charge in [-0.25, -0.2) is 0 Å². The molecule has 37 valence electrons. The van der Waals surface area contributed by atoms with Gasteiger partial charge >= 0.3 is 0 Å². The smallest absolute Gasteiger partial charge is 0.0148 e. The normalized spacial score (nSPS) is 7.00. The second-order valence-electron chi connectivity index (χ2n) is 0.742. The molecule has 1 nitrogen and oxygen atoms in total. The van der Waals surface area contributed by atoms with Gasteiger partial charge in [-0.1, -0.05) is 0 Å². The standard InChI is InChI=1S/C2H6OS.Au/c1-4(2)3;/h1-2H3;. The quantitative estimate of drug-likeness (QED) is 0.568. The third-order valence-electron chi connectivity index (χ3n) is 0. The molecule has 0 heterocycles. The van der Waals surface area contributed by atoms with Gasteiger partial charge < -0.3 is 0 Å². The predicted octanol–water partition coefficient (Wildman–Crippen LogP) is -0.00780. The fraction of sp³-hybridized carbons (Fsp3) is 1.00. The van der Waals surface area contributed by atoms with Crippen LogP contribution in [0.5, 0.6) is 0 Å². The Balaban J connectivity index is 0. The average molecular weight is 275 g/mol. The van der Waals surface area contributed by atoms with Crippen molar-refractivity contribution >= 4 is 10.8 Å². The fourth-order valence-electron chi connectivity index (χ4n) is 0. The van der Waals surface area contributed by atoms with Crippen LogP contribution in [0.15, 0.2) is 0 Å². The van der Waals surface area contributed by atoms with E-state index in [1.54, 1.807) is 12.5 Å². The molecule has 0 aliphatic carbocycles. The molecule has 0 N–H and O–H groups in total. The van der Waals surface area contributed by atoms with Crippen LogP contribution in [0.3, 0.4) is 0 Å². The van der Waals surface area contributed by atoms with E-state index >= 15 is 0 Å². The van der Waals surface area contributed by atoms with E-state index in [1.165, 1.54) is 0 Å². The van der Waals surface area contributed by atoms with Crippen molar-refractivity contribution in [2.45, 2.75) is 0 Å². The van der Waals surface area contributed by atoms with Gasteiger partial charge in [0, 0.05) is 45.7 Å². The first kappa shape index (κ1) is 9.31. The molecule has 0 aromatic carbocycles. The van der Waals surface area contributed by atoms with Gasteiger partial charge in [0.2, 0.25) is 0 Å². The first-order chi connectivity index (χ1) is 1.73. The molecule has 0 aliphatic heterocycles. The molecule has 0 saturated carbocycles. The minimum Gasteiger partial charge on any atom is -0.260 e. The van der Waals surface area contributed by atoms with Crippen LogP contribution in [0.2, 0.25) is 0 Å². The molecule has 0 amide bonds. The summed E-state index contributed by atoms with van der Waals surface area (Å²) in [5.74, 6) is 0. The molecule has 0 aliphatic rings. The summed E-state index contributed by atoms with van der Waals surface area (Å²) in [7, 11) is -0.611. The zero-order valence-electron chi connectivity index (χ0n) is 3.12. The Bertz CT molecular complexity index is 32.6. The summed E-state index contributed by atoms with van der Waals surface area (Å²) in [4.78, 5) is 0. The summed E-state index contributed by atoms with van der Waals surface area (Å²) in [5.41, 5.74) is 0. The Labute approximate surface area is 50.1 Å². The second kappa shape index (κ2) is 4.89. The molecular formula is C2H6AuOS. The summed E-state index contributed by atoms with van der Waals surface area (Å²) in [5, 5.41) is 0. The Kier molecular flexibility index (Phi) is 9.10. The third-order valence-corrected chi connectivity index (χ3v) is 0. The van der Waals surface area contributed by atoms with Gasteiger partial charge in [0.15, 0.2) is 0 Å². The first-order valence-corrected chi connectivity index (χ1v) is 2.95. The largest absolute Gasteiger partial charge is 0.260 e. The molecule has 0 aromatic rings. The van der Waals surface area contributed by atoms with Crippen molar-refractivity contribution < 1.29 is 26.6 Å². The average Bonchev–Trinajstić information content (AvgIpc) is 0.811. The number of hydrogen-bond acceptors (Lipinski definition) is 1. The maximum atomic E-state index is 9.56. The van der Waals surface area contributed by atoms with Crippen LogP contribution in [0, 0.1) is 0 Å². The van der Waals surface area contributed by atoms with Gasteiger partial charge in [-0.15, -0.1) is 0 Å². The van der Waals surface area contributed by atoms with E-state index in [4.69, 9.17) is 0 Å². The minimum atomic E-state index is -0.611. The van der Waals surface area contributed by atoms with Gasteiger partial charge in [0.25, 0.3) is 0 Å². The fourth-order valence-corrected chi connectivity index (χ4v) is 0. The van der Waals surface area contributed by atoms with Crippen LogP contribution < -0.4 is 0 Å². The topological polar surface area (TPSA) is 17.1 Å². The van der Waals surface area contributed by atoms with E-state index in [0.717, 1.165) is 0 Å². The first-order valence-electron chi connectivity index (χ1n) is 0.983. The van der Waals surface area contributed by atoms with Crippen molar-refractivity contribution in [2.24, 2.45) is 0 Å². The Morgan fingerprint density at radius 2 is 1.40 bits per heavy atom. The second-order valence-corrected chi connectivity index (χ2v) is 2.22. The van der Waals surface area contributed by atoms with Crippen LogP contribution in [0.1, 0.15) is 0 Å². The minimum absolute atomic E-state index is 0. The molecule has 0 atom stereocenters. The molecular weight excluding hydrogens is 269 g/mol.